The highest BCUT2D eigenvalue weighted by Crippen LogP contribution is 2.36. The molecule has 3 atom stereocenters. The van der Waals surface area contributed by atoms with Crippen LogP contribution in [0.1, 0.15) is 44.1 Å². The van der Waals surface area contributed by atoms with Crippen LogP contribution < -0.4 is 0 Å². The topological polar surface area (TPSA) is 23.5 Å². The highest BCUT2D eigenvalue weighted by molar-refractivity contribution is 6.31. The lowest BCUT2D eigenvalue weighted by molar-refractivity contribution is 0.0308. The van der Waals surface area contributed by atoms with Crippen molar-refractivity contribution in [3.8, 4) is 0 Å². The van der Waals surface area contributed by atoms with Crippen LogP contribution in [0.3, 0.4) is 0 Å². The third kappa shape index (κ3) is 3.25. The van der Waals surface area contributed by atoms with Gasteiger partial charge in [-0.1, -0.05) is 30.5 Å². The molecule has 1 saturated carbocycles. The fourth-order valence-corrected chi connectivity index (χ4v) is 4.23. The molecule has 2 nitrogen and oxygen atoms in total. The maximum atomic E-state index is 14.0. The number of halogens is 2. The number of hydrogen-bond acceptors (Lipinski definition) is 2. The summed E-state index contributed by atoms with van der Waals surface area (Å²) < 4.78 is 14.0. The van der Waals surface area contributed by atoms with Crippen molar-refractivity contribution < 1.29 is 9.50 Å². The Hall–Kier alpha value is -0.640. The molecule has 0 radical (unpaired) electrons. The Bertz CT molecular complexity index is 475. The molecule has 3 unspecified atom stereocenters. The molecule has 2 fully saturated rings. The summed E-state index contributed by atoms with van der Waals surface area (Å²) in [4.78, 5) is 2.34. The number of aliphatic hydroxyl groups excluding tert-OH is 1. The molecule has 4 heteroatoms. The van der Waals surface area contributed by atoms with Crippen molar-refractivity contribution in [2.24, 2.45) is 5.92 Å². The number of hydrogen-bond donors (Lipinski definition) is 1. The minimum absolute atomic E-state index is 0.188. The number of benzene rings is 1. The minimum atomic E-state index is -0.223. The highest BCUT2D eigenvalue weighted by atomic mass is 35.5. The molecule has 0 bridgehead atoms. The van der Waals surface area contributed by atoms with Crippen LogP contribution in [0, 0.1) is 11.7 Å². The van der Waals surface area contributed by atoms with Crippen molar-refractivity contribution in [2.45, 2.75) is 57.2 Å². The summed E-state index contributed by atoms with van der Waals surface area (Å²) in [6, 6.07) is 5.25. The van der Waals surface area contributed by atoms with Crippen LogP contribution in [0.5, 0.6) is 0 Å². The van der Waals surface area contributed by atoms with Gasteiger partial charge in [-0.25, -0.2) is 4.39 Å². The van der Waals surface area contributed by atoms with Crippen LogP contribution >= 0.6 is 11.6 Å². The van der Waals surface area contributed by atoms with E-state index < -0.39 is 0 Å². The summed E-state index contributed by atoms with van der Waals surface area (Å²) in [5.41, 5.74) is 0.596. The lowest BCUT2D eigenvalue weighted by Gasteiger charge is -2.40. The summed E-state index contributed by atoms with van der Waals surface area (Å²) in [6.07, 6.45) is 6.38. The molecule has 2 aliphatic rings. The van der Waals surface area contributed by atoms with Gasteiger partial charge in [-0.3, -0.25) is 4.90 Å². The number of rotatable bonds is 3. The van der Waals surface area contributed by atoms with E-state index in [2.05, 4.69) is 4.90 Å². The summed E-state index contributed by atoms with van der Waals surface area (Å²) in [5, 5.41) is 10.7. The zero-order chi connectivity index (χ0) is 14.8. The largest absolute Gasteiger partial charge is 0.393 e. The van der Waals surface area contributed by atoms with Gasteiger partial charge in [0, 0.05) is 29.1 Å². The van der Waals surface area contributed by atoms with Gasteiger partial charge in [0.15, 0.2) is 0 Å². The highest BCUT2D eigenvalue weighted by Gasteiger charge is 2.37. The van der Waals surface area contributed by atoms with Gasteiger partial charge in [0.05, 0.1) is 6.10 Å². The molecule has 0 aromatic heterocycles. The lowest BCUT2D eigenvalue weighted by atomic mass is 9.87. The monoisotopic (exact) mass is 311 g/mol. The van der Waals surface area contributed by atoms with E-state index in [9.17, 15) is 9.50 Å². The Kier molecular flexibility index (Phi) is 4.82. The fourth-order valence-electron chi connectivity index (χ4n) is 4.00. The first-order valence-corrected chi connectivity index (χ1v) is 8.39. The Morgan fingerprint density at radius 2 is 2.05 bits per heavy atom. The first-order valence-electron chi connectivity index (χ1n) is 8.02. The van der Waals surface area contributed by atoms with Gasteiger partial charge in [0.25, 0.3) is 0 Å². The Balaban J connectivity index is 1.78. The third-order valence-electron chi connectivity index (χ3n) is 5.11. The summed E-state index contributed by atoms with van der Waals surface area (Å²) >= 11 is 6.17. The van der Waals surface area contributed by atoms with E-state index in [0.29, 0.717) is 29.1 Å². The smallest absolute Gasteiger partial charge is 0.129 e. The molecule has 1 aromatic rings. The molecule has 0 spiro atoms. The quantitative estimate of drug-likeness (QED) is 0.912. The maximum Gasteiger partial charge on any atom is 0.129 e. The second kappa shape index (κ2) is 6.64. The van der Waals surface area contributed by atoms with E-state index in [4.69, 9.17) is 11.6 Å². The predicted molar refractivity (Wildman–Crippen MR) is 82.8 cm³/mol. The van der Waals surface area contributed by atoms with E-state index in [-0.39, 0.29) is 11.9 Å². The minimum Gasteiger partial charge on any atom is -0.393 e. The molecule has 1 N–H and O–H groups in total. The predicted octanol–water partition coefficient (Wildman–Crippen LogP) is 3.99. The average molecular weight is 312 g/mol. The SMILES string of the molecule is OC1CCCC1C1CCCCN1Cc1c(F)cccc1Cl. The molecular weight excluding hydrogens is 289 g/mol. The summed E-state index contributed by atoms with van der Waals surface area (Å²) in [7, 11) is 0. The van der Waals surface area contributed by atoms with Gasteiger partial charge in [-0.05, 0) is 44.4 Å². The lowest BCUT2D eigenvalue weighted by Crippen LogP contribution is -2.46. The van der Waals surface area contributed by atoms with E-state index in [1.165, 1.54) is 12.5 Å². The Morgan fingerprint density at radius 1 is 1.19 bits per heavy atom. The molecule has 1 aromatic carbocycles. The number of likely N-dealkylation sites (tertiary alicyclic amines) is 1. The fraction of sp³-hybridized carbons (Fsp3) is 0.647. The number of nitrogens with zero attached hydrogens (tertiary/aromatic N) is 1. The number of aliphatic hydroxyl groups is 1. The van der Waals surface area contributed by atoms with Crippen LogP contribution in [-0.2, 0) is 6.54 Å². The Labute approximate surface area is 130 Å². The zero-order valence-electron chi connectivity index (χ0n) is 12.3. The zero-order valence-corrected chi connectivity index (χ0v) is 13.0. The molecule has 1 saturated heterocycles. The van der Waals surface area contributed by atoms with Crippen molar-refractivity contribution in [3.05, 3.63) is 34.6 Å². The van der Waals surface area contributed by atoms with Crippen LogP contribution in [0.2, 0.25) is 5.02 Å². The van der Waals surface area contributed by atoms with E-state index in [0.717, 1.165) is 38.6 Å². The molecule has 21 heavy (non-hydrogen) atoms. The van der Waals surface area contributed by atoms with E-state index >= 15 is 0 Å². The maximum absolute atomic E-state index is 14.0. The third-order valence-corrected chi connectivity index (χ3v) is 5.47. The van der Waals surface area contributed by atoms with Gasteiger partial charge in [-0.15, -0.1) is 0 Å². The average Bonchev–Trinajstić information content (AvgIpc) is 2.90. The van der Waals surface area contributed by atoms with Crippen LogP contribution in [-0.4, -0.2) is 28.7 Å². The van der Waals surface area contributed by atoms with Crippen molar-refractivity contribution in [1.29, 1.82) is 0 Å². The van der Waals surface area contributed by atoms with Crippen molar-refractivity contribution in [3.63, 3.8) is 0 Å². The van der Waals surface area contributed by atoms with Gasteiger partial charge in [0.1, 0.15) is 5.82 Å². The summed E-state index contributed by atoms with van der Waals surface area (Å²) in [6.45, 7) is 1.53. The van der Waals surface area contributed by atoms with Crippen molar-refractivity contribution >= 4 is 11.6 Å². The van der Waals surface area contributed by atoms with E-state index in [1.54, 1.807) is 12.1 Å². The van der Waals surface area contributed by atoms with Gasteiger partial charge >= 0.3 is 0 Å². The van der Waals surface area contributed by atoms with Crippen LogP contribution in [0.25, 0.3) is 0 Å². The molecule has 1 aliphatic carbocycles. The standard InChI is InChI=1S/C17H23ClFNO/c18-14-6-4-7-15(19)13(14)11-20-10-2-1-8-16(20)12-5-3-9-17(12)21/h4,6-7,12,16-17,21H,1-3,5,8-11H2. The van der Waals surface area contributed by atoms with E-state index in [1.807, 2.05) is 0 Å². The van der Waals surface area contributed by atoms with Gasteiger partial charge < -0.3 is 5.11 Å². The molecular formula is C17H23ClFNO. The first kappa shape index (κ1) is 15.3. The van der Waals surface area contributed by atoms with Crippen LogP contribution in [0.4, 0.5) is 4.39 Å². The van der Waals surface area contributed by atoms with Crippen molar-refractivity contribution in [1.82, 2.24) is 4.90 Å². The molecule has 1 aliphatic heterocycles. The molecule has 116 valence electrons. The molecule has 3 rings (SSSR count). The normalized spacial score (nSPS) is 30.7. The first-order chi connectivity index (χ1) is 10.2. The molecule has 0 amide bonds. The molecule has 1 heterocycles. The van der Waals surface area contributed by atoms with Gasteiger partial charge in [0.2, 0.25) is 0 Å². The van der Waals surface area contributed by atoms with Crippen molar-refractivity contribution in [2.75, 3.05) is 6.54 Å². The van der Waals surface area contributed by atoms with Crippen LogP contribution in [0.15, 0.2) is 18.2 Å². The Morgan fingerprint density at radius 3 is 2.76 bits per heavy atom. The second-order valence-electron chi connectivity index (χ2n) is 6.40. The van der Waals surface area contributed by atoms with Gasteiger partial charge in [-0.2, -0.15) is 0 Å². The number of piperidine rings is 1. The summed E-state index contributed by atoms with van der Waals surface area (Å²) in [5.74, 6) is 0.120. The second-order valence-corrected chi connectivity index (χ2v) is 6.80.